The Balaban J connectivity index is 5.17. The molecule has 3 unspecified atom stereocenters. The minimum Gasteiger partial charge on any atom is -0.456 e. The first-order chi connectivity index (χ1) is 40.4. The first-order valence-corrected chi connectivity index (χ1v) is 36.4. The summed E-state index contributed by atoms with van der Waals surface area (Å²) in [6.45, 7) is 6.91. The molecule has 2 N–H and O–H groups in total. The number of carbonyl (C=O) groups is 2. The number of nitrogens with zero attached hydrogens (tertiary/aromatic N) is 1. The molecule has 0 aliphatic carbocycles. The van der Waals surface area contributed by atoms with Gasteiger partial charge < -0.3 is 19.4 Å². The average molecular weight is 1180 g/mol. The second-order valence-electron chi connectivity index (χ2n) is 24.7. The van der Waals surface area contributed by atoms with Crippen LogP contribution in [0.25, 0.3) is 0 Å². The van der Waals surface area contributed by atoms with Crippen molar-refractivity contribution >= 4 is 19.7 Å². The molecule has 0 spiro atoms. The topological polar surface area (TPSA) is 111 Å². The number of nitrogens with one attached hydrogen (secondary N) is 1. The molecular formula is C73H134N2O7P+. The molecule has 0 aliphatic heterocycles. The van der Waals surface area contributed by atoms with Gasteiger partial charge in [-0.2, -0.15) is 0 Å². The van der Waals surface area contributed by atoms with Crippen molar-refractivity contribution in [3.05, 3.63) is 85.1 Å². The molecule has 0 aromatic carbocycles. The SMILES string of the molecule is CC/C=C\C/C=C\C/C=C\C/C=C\C/C=C\CCCCCCCC(=O)NC(COP(=O)(O)OCC[N+](C)(C)C)C(/C=C/CCCCCCCCCCCCC)OC(=O)CCCCCCCCCCCCCCC/C=C/CCCCCCCC. The molecule has 0 heterocycles. The van der Waals surface area contributed by atoms with Gasteiger partial charge in [-0.1, -0.05) is 286 Å². The van der Waals surface area contributed by atoms with Crippen LogP contribution in [-0.2, 0) is 27.9 Å². The van der Waals surface area contributed by atoms with E-state index in [1.54, 1.807) is 0 Å². The van der Waals surface area contributed by atoms with Crippen LogP contribution in [0.3, 0.4) is 0 Å². The maximum Gasteiger partial charge on any atom is 0.472 e. The lowest BCUT2D eigenvalue weighted by Gasteiger charge is -2.27. The van der Waals surface area contributed by atoms with E-state index >= 15 is 0 Å². The second-order valence-corrected chi connectivity index (χ2v) is 26.1. The van der Waals surface area contributed by atoms with E-state index < -0.39 is 20.0 Å². The fourth-order valence-corrected chi connectivity index (χ4v) is 10.7. The normalized spacial score (nSPS) is 14.1. The summed E-state index contributed by atoms with van der Waals surface area (Å²) >= 11 is 0. The molecule has 0 fully saturated rings. The van der Waals surface area contributed by atoms with Gasteiger partial charge in [0, 0.05) is 12.8 Å². The Labute approximate surface area is 514 Å². The average Bonchev–Trinajstić information content (AvgIpc) is 3.46. The Morgan fingerprint density at radius 3 is 1.17 bits per heavy atom. The summed E-state index contributed by atoms with van der Waals surface area (Å²) in [5.41, 5.74) is 0. The van der Waals surface area contributed by atoms with Crippen LogP contribution < -0.4 is 5.32 Å². The lowest BCUT2D eigenvalue weighted by molar-refractivity contribution is -0.870. The highest BCUT2D eigenvalue weighted by Crippen LogP contribution is 2.43. The zero-order valence-corrected chi connectivity index (χ0v) is 56.1. The molecular weight excluding hydrogens is 1050 g/mol. The number of hydrogen-bond donors (Lipinski definition) is 2. The van der Waals surface area contributed by atoms with E-state index in [1.165, 1.54) is 173 Å². The van der Waals surface area contributed by atoms with Crippen LogP contribution >= 0.6 is 7.82 Å². The van der Waals surface area contributed by atoms with Gasteiger partial charge in [0.05, 0.1) is 33.8 Å². The van der Waals surface area contributed by atoms with E-state index in [0.29, 0.717) is 17.4 Å². The van der Waals surface area contributed by atoms with Crippen LogP contribution in [0.4, 0.5) is 0 Å². The van der Waals surface area contributed by atoms with E-state index in [2.05, 4.69) is 99.0 Å². The molecule has 0 saturated heterocycles. The molecule has 0 aliphatic rings. The van der Waals surface area contributed by atoms with E-state index in [-0.39, 0.29) is 31.5 Å². The third kappa shape index (κ3) is 63.5. The quantitative estimate of drug-likeness (QED) is 0.0205. The fraction of sp³-hybridized carbons (Fsp3) is 0.781. The number of rotatable bonds is 63. The van der Waals surface area contributed by atoms with Gasteiger partial charge in [0.2, 0.25) is 5.91 Å². The van der Waals surface area contributed by atoms with Gasteiger partial charge in [0.15, 0.2) is 0 Å². The molecule has 0 aromatic heterocycles. The highest BCUT2D eigenvalue weighted by Gasteiger charge is 2.30. The zero-order chi connectivity index (χ0) is 60.7. The number of allylic oxidation sites excluding steroid dienone is 13. The third-order valence-corrected chi connectivity index (χ3v) is 16.3. The molecule has 0 bridgehead atoms. The molecule has 0 radical (unpaired) electrons. The highest BCUT2D eigenvalue weighted by molar-refractivity contribution is 7.47. The Bertz CT molecular complexity index is 1700. The van der Waals surface area contributed by atoms with Crippen molar-refractivity contribution in [2.75, 3.05) is 40.9 Å². The molecule has 3 atom stereocenters. The van der Waals surface area contributed by atoms with Gasteiger partial charge in [0.25, 0.3) is 0 Å². The van der Waals surface area contributed by atoms with Crippen molar-refractivity contribution in [1.29, 1.82) is 0 Å². The van der Waals surface area contributed by atoms with E-state index in [1.807, 2.05) is 33.3 Å². The predicted molar refractivity (Wildman–Crippen MR) is 360 cm³/mol. The standard InChI is InChI=1S/C73H133N2O7P/c1-7-10-13-16-19-22-25-28-30-32-34-36-37-39-41-43-45-48-51-54-57-60-63-66-73(77)82-71(64-61-58-55-52-49-46-27-24-21-18-15-12-9-3)70(69-81-83(78,79)80-68-67-75(4,5)6)74-72(76)65-62-59-56-53-50-47-44-42-40-38-35-33-31-29-26-23-20-17-14-11-8-2/h11,14,20,23,28-31,35,38,42,44,61,64,70-71H,7-10,12-13,15-19,21-22,24-27,32-34,36-37,39-41,43,45-60,62-63,65-69H2,1-6H3,(H-,74,76,78,79)/p+1/b14-11-,23-20-,30-28+,31-29-,38-35-,44-42-,64-61+. The van der Waals surface area contributed by atoms with Gasteiger partial charge in [-0.25, -0.2) is 4.57 Å². The molecule has 0 saturated carbocycles. The van der Waals surface area contributed by atoms with Crippen LogP contribution in [0.2, 0.25) is 0 Å². The number of ether oxygens (including phenoxy) is 1. The summed E-state index contributed by atoms with van der Waals surface area (Å²) in [5.74, 6) is -0.520. The van der Waals surface area contributed by atoms with Crippen LogP contribution in [0.1, 0.15) is 316 Å². The van der Waals surface area contributed by atoms with Crippen LogP contribution in [0.5, 0.6) is 0 Å². The molecule has 9 nitrogen and oxygen atoms in total. The maximum absolute atomic E-state index is 13.6. The number of amides is 1. The minimum absolute atomic E-state index is 0.0336. The van der Waals surface area contributed by atoms with Crippen molar-refractivity contribution in [2.45, 2.75) is 328 Å². The van der Waals surface area contributed by atoms with Gasteiger partial charge in [-0.3, -0.25) is 18.6 Å². The Morgan fingerprint density at radius 2 is 0.771 bits per heavy atom. The number of esters is 1. The summed E-state index contributed by atoms with van der Waals surface area (Å²) in [4.78, 5) is 37.9. The number of phosphoric ester groups is 1. The Kier molecular flexibility index (Phi) is 60.1. The van der Waals surface area contributed by atoms with E-state index in [9.17, 15) is 19.0 Å². The molecule has 10 heteroatoms. The number of hydrogen-bond acceptors (Lipinski definition) is 6. The van der Waals surface area contributed by atoms with Crippen LogP contribution in [0, 0.1) is 0 Å². The monoisotopic (exact) mass is 1180 g/mol. The molecule has 0 aromatic rings. The molecule has 482 valence electrons. The molecule has 83 heavy (non-hydrogen) atoms. The van der Waals surface area contributed by atoms with E-state index in [0.717, 1.165) is 109 Å². The number of carbonyl (C=O) groups excluding carboxylic acids is 2. The van der Waals surface area contributed by atoms with Crippen molar-refractivity contribution in [3.8, 4) is 0 Å². The molecule has 0 rings (SSSR count). The zero-order valence-electron chi connectivity index (χ0n) is 55.2. The number of phosphoric acid groups is 1. The van der Waals surface area contributed by atoms with Crippen LogP contribution in [0.15, 0.2) is 85.1 Å². The third-order valence-electron chi connectivity index (χ3n) is 15.3. The molecule has 1 amide bonds. The van der Waals surface area contributed by atoms with Gasteiger partial charge in [-0.05, 0) is 102 Å². The smallest absolute Gasteiger partial charge is 0.456 e. The number of unbranched alkanes of at least 4 members (excludes halogenated alkanes) is 35. The minimum atomic E-state index is -4.46. The largest absolute Gasteiger partial charge is 0.472 e. The lowest BCUT2D eigenvalue weighted by atomic mass is 10.0. The maximum atomic E-state index is 13.6. The lowest BCUT2D eigenvalue weighted by Crippen LogP contribution is -2.47. The van der Waals surface area contributed by atoms with Crippen molar-refractivity contribution in [3.63, 3.8) is 0 Å². The second kappa shape index (κ2) is 62.2. The summed E-state index contributed by atoms with van der Waals surface area (Å²) in [7, 11) is 1.48. The number of quaternary nitrogens is 1. The van der Waals surface area contributed by atoms with Crippen molar-refractivity contribution in [1.82, 2.24) is 5.32 Å². The summed E-state index contributed by atoms with van der Waals surface area (Å²) in [6.07, 6.45) is 83.0. The highest BCUT2D eigenvalue weighted by atomic mass is 31.2. The summed E-state index contributed by atoms with van der Waals surface area (Å²) < 4.78 is 30.8. The number of likely N-dealkylation sites (N-methyl/N-ethyl adjacent to an activating group) is 1. The van der Waals surface area contributed by atoms with Crippen molar-refractivity contribution in [2.24, 2.45) is 0 Å². The fourth-order valence-electron chi connectivity index (χ4n) is 9.96. The summed E-state index contributed by atoms with van der Waals surface area (Å²) in [5, 5.41) is 3.06. The first-order valence-electron chi connectivity index (χ1n) is 34.9. The Morgan fingerprint density at radius 1 is 0.434 bits per heavy atom. The predicted octanol–water partition coefficient (Wildman–Crippen LogP) is 22.1. The first kappa shape index (κ1) is 80.2. The van der Waals surface area contributed by atoms with E-state index in [4.69, 9.17) is 13.8 Å². The van der Waals surface area contributed by atoms with Crippen LogP contribution in [-0.4, -0.2) is 74.3 Å². The van der Waals surface area contributed by atoms with Gasteiger partial charge in [-0.15, -0.1) is 0 Å². The van der Waals surface area contributed by atoms with Gasteiger partial charge in [0.1, 0.15) is 19.3 Å². The Hall–Kier alpha value is -2.81. The van der Waals surface area contributed by atoms with Gasteiger partial charge >= 0.3 is 13.8 Å². The van der Waals surface area contributed by atoms with Crippen molar-refractivity contribution < 1.29 is 37.3 Å². The summed E-state index contributed by atoms with van der Waals surface area (Å²) in [6, 6.07) is -0.863.